The maximum atomic E-state index is 12.6. The second kappa shape index (κ2) is 8.43. The van der Waals surface area contributed by atoms with Crippen molar-refractivity contribution in [3.63, 3.8) is 0 Å². The molecule has 6 nitrogen and oxygen atoms in total. The molecule has 0 saturated carbocycles. The van der Waals surface area contributed by atoms with Crippen LogP contribution in [0.1, 0.15) is 46.6 Å². The van der Waals surface area contributed by atoms with Crippen LogP contribution in [-0.4, -0.2) is 52.8 Å². The minimum absolute atomic E-state index is 0.0122. The highest BCUT2D eigenvalue weighted by atomic mass is 16.6. The van der Waals surface area contributed by atoms with E-state index in [1.165, 1.54) is 0 Å². The lowest BCUT2D eigenvalue weighted by molar-refractivity contribution is 0.0264. The second-order valence-electron chi connectivity index (χ2n) is 7.91. The second-order valence-corrected chi connectivity index (χ2v) is 7.91. The number of hydrogen-bond donors (Lipinski definition) is 0. The first kappa shape index (κ1) is 20.1. The van der Waals surface area contributed by atoms with Crippen molar-refractivity contribution < 1.29 is 19.1 Å². The Kier molecular flexibility index (Phi) is 6.51. The molecule has 0 bridgehead atoms. The van der Waals surface area contributed by atoms with Crippen LogP contribution < -0.4 is 0 Å². The van der Waals surface area contributed by atoms with Crippen LogP contribution in [-0.2, 0) is 16.1 Å². The van der Waals surface area contributed by atoms with Crippen molar-refractivity contribution >= 4 is 12.2 Å². The lowest BCUT2D eigenvalue weighted by atomic mass is 10.2. The topological polar surface area (TPSA) is 59.1 Å². The number of amides is 2. The van der Waals surface area contributed by atoms with Gasteiger partial charge in [0, 0.05) is 19.1 Å². The number of benzene rings is 1. The summed E-state index contributed by atoms with van der Waals surface area (Å²) in [5.41, 5.74) is 0.424. The average molecular weight is 362 g/mol. The third-order valence-electron chi connectivity index (χ3n) is 4.18. The zero-order chi connectivity index (χ0) is 19.3. The van der Waals surface area contributed by atoms with Crippen LogP contribution >= 0.6 is 0 Å². The number of rotatable bonds is 4. The molecule has 0 N–H and O–H groups in total. The van der Waals surface area contributed by atoms with Crippen molar-refractivity contribution in [3.05, 3.63) is 35.9 Å². The fraction of sp³-hybridized carbons (Fsp3) is 0.600. The lowest BCUT2D eigenvalue weighted by Crippen LogP contribution is -2.47. The van der Waals surface area contributed by atoms with Gasteiger partial charge >= 0.3 is 12.2 Å². The summed E-state index contributed by atoms with van der Waals surface area (Å²) in [5.74, 6) is 0. The Labute approximate surface area is 156 Å². The Morgan fingerprint density at radius 3 is 2.46 bits per heavy atom. The van der Waals surface area contributed by atoms with Crippen LogP contribution in [0, 0.1) is 0 Å². The van der Waals surface area contributed by atoms with Gasteiger partial charge in [-0.05, 0) is 46.6 Å². The monoisotopic (exact) mass is 362 g/mol. The molecule has 2 amide bonds. The van der Waals surface area contributed by atoms with Crippen LogP contribution in [0.4, 0.5) is 9.59 Å². The number of nitrogens with zero attached hydrogens (tertiary/aromatic N) is 2. The van der Waals surface area contributed by atoms with Gasteiger partial charge in [0.1, 0.15) is 12.2 Å². The Morgan fingerprint density at radius 2 is 1.88 bits per heavy atom. The molecular formula is C20H30N2O4. The van der Waals surface area contributed by atoms with E-state index < -0.39 is 5.60 Å². The fourth-order valence-electron chi connectivity index (χ4n) is 3.04. The highest BCUT2D eigenvalue weighted by Gasteiger charge is 2.36. The van der Waals surface area contributed by atoms with E-state index in [4.69, 9.17) is 9.47 Å². The van der Waals surface area contributed by atoms with Gasteiger partial charge in [0.05, 0.1) is 6.04 Å². The number of carbonyl (C=O) groups excluding carboxylic acids is 2. The molecule has 1 aromatic rings. The lowest BCUT2D eigenvalue weighted by Gasteiger charge is -2.32. The molecule has 1 aliphatic rings. The van der Waals surface area contributed by atoms with Gasteiger partial charge in [0.2, 0.25) is 0 Å². The fourth-order valence-corrected chi connectivity index (χ4v) is 3.04. The van der Waals surface area contributed by atoms with Crippen molar-refractivity contribution in [3.8, 4) is 0 Å². The molecule has 144 valence electrons. The largest absolute Gasteiger partial charge is 0.445 e. The molecule has 1 aromatic carbocycles. The molecule has 1 heterocycles. The number of ether oxygens (including phenoxy) is 2. The highest BCUT2D eigenvalue weighted by molar-refractivity contribution is 5.70. The van der Waals surface area contributed by atoms with Crippen molar-refractivity contribution in [2.45, 2.75) is 65.3 Å². The molecule has 2 rings (SSSR count). The zero-order valence-corrected chi connectivity index (χ0v) is 16.4. The first-order chi connectivity index (χ1) is 12.2. The van der Waals surface area contributed by atoms with Crippen LogP contribution in [0.25, 0.3) is 0 Å². The van der Waals surface area contributed by atoms with E-state index in [0.29, 0.717) is 13.1 Å². The quantitative estimate of drug-likeness (QED) is 0.811. The zero-order valence-electron chi connectivity index (χ0n) is 16.4. The van der Waals surface area contributed by atoms with E-state index in [0.717, 1.165) is 12.0 Å². The molecule has 0 spiro atoms. The van der Waals surface area contributed by atoms with Gasteiger partial charge in [-0.2, -0.15) is 0 Å². The molecule has 0 aromatic heterocycles. The molecule has 0 radical (unpaired) electrons. The van der Waals surface area contributed by atoms with E-state index in [-0.39, 0.29) is 30.9 Å². The minimum Gasteiger partial charge on any atom is -0.445 e. The maximum Gasteiger partial charge on any atom is 0.410 e. The predicted octanol–water partition coefficient (Wildman–Crippen LogP) is 4.04. The van der Waals surface area contributed by atoms with E-state index in [9.17, 15) is 9.59 Å². The van der Waals surface area contributed by atoms with Crippen LogP contribution in [0.2, 0.25) is 0 Å². The SMILES string of the molecule is CC(C)N(C(=O)OCc1ccccc1)[C@@H]1CCN(C(=O)OC(C)(C)C)C1. The smallest absolute Gasteiger partial charge is 0.410 e. The van der Waals surface area contributed by atoms with Crippen molar-refractivity contribution in [1.82, 2.24) is 9.80 Å². The summed E-state index contributed by atoms with van der Waals surface area (Å²) in [5, 5.41) is 0. The molecule has 1 atom stereocenters. The van der Waals surface area contributed by atoms with Gasteiger partial charge in [-0.3, -0.25) is 0 Å². The number of hydrogen-bond acceptors (Lipinski definition) is 4. The Bertz CT molecular complexity index is 610. The Morgan fingerprint density at radius 1 is 1.23 bits per heavy atom. The summed E-state index contributed by atoms with van der Waals surface area (Å²) < 4.78 is 10.9. The molecule has 0 aliphatic carbocycles. The summed E-state index contributed by atoms with van der Waals surface area (Å²) >= 11 is 0. The van der Waals surface area contributed by atoms with Crippen molar-refractivity contribution in [1.29, 1.82) is 0 Å². The molecule has 6 heteroatoms. The summed E-state index contributed by atoms with van der Waals surface area (Å²) in [6.07, 6.45) is 0.0407. The van der Waals surface area contributed by atoms with E-state index in [1.54, 1.807) is 9.80 Å². The van der Waals surface area contributed by atoms with E-state index in [2.05, 4.69) is 0 Å². The van der Waals surface area contributed by atoms with E-state index in [1.807, 2.05) is 65.0 Å². The molecular weight excluding hydrogens is 332 g/mol. The standard InChI is InChI=1S/C20H30N2O4/c1-15(2)22(19(24)25-14-16-9-7-6-8-10-16)17-11-12-21(13-17)18(23)26-20(3,4)5/h6-10,15,17H,11-14H2,1-5H3/t17-/m1/s1. The molecule has 1 aliphatic heterocycles. The van der Waals surface area contributed by atoms with Gasteiger partial charge < -0.3 is 19.3 Å². The minimum atomic E-state index is -0.526. The van der Waals surface area contributed by atoms with Gasteiger partial charge in [0.15, 0.2) is 0 Å². The molecule has 1 fully saturated rings. The van der Waals surface area contributed by atoms with Gasteiger partial charge in [-0.25, -0.2) is 9.59 Å². The predicted molar refractivity (Wildman–Crippen MR) is 99.8 cm³/mol. The number of likely N-dealkylation sites (tertiary alicyclic amines) is 1. The molecule has 0 unspecified atom stereocenters. The van der Waals surface area contributed by atoms with E-state index >= 15 is 0 Å². The Balaban J connectivity index is 1.95. The van der Waals surface area contributed by atoms with Crippen molar-refractivity contribution in [2.75, 3.05) is 13.1 Å². The summed E-state index contributed by atoms with van der Waals surface area (Å²) in [6.45, 7) is 10.7. The third-order valence-corrected chi connectivity index (χ3v) is 4.18. The normalized spacial score (nSPS) is 17.3. The highest BCUT2D eigenvalue weighted by Crippen LogP contribution is 2.22. The first-order valence-electron chi connectivity index (χ1n) is 9.14. The third kappa shape index (κ3) is 5.64. The summed E-state index contributed by atoms with van der Waals surface area (Å²) in [7, 11) is 0. The average Bonchev–Trinajstić information content (AvgIpc) is 3.02. The van der Waals surface area contributed by atoms with Crippen molar-refractivity contribution in [2.24, 2.45) is 0 Å². The summed E-state index contributed by atoms with van der Waals surface area (Å²) in [4.78, 5) is 28.3. The molecule has 26 heavy (non-hydrogen) atoms. The van der Waals surface area contributed by atoms with Gasteiger partial charge in [-0.1, -0.05) is 30.3 Å². The summed E-state index contributed by atoms with van der Waals surface area (Å²) in [6, 6.07) is 9.53. The number of carbonyl (C=O) groups is 2. The first-order valence-corrected chi connectivity index (χ1v) is 9.14. The Hall–Kier alpha value is -2.24. The van der Waals surface area contributed by atoms with Gasteiger partial charge in [-0.15, -0.1) is 0 Å². The van der Waals surface area contributed by atoms with Crippen LogP contribution in [0.3, 0.4) is 0 Å². The van der Waals surface area contributed by atoms with Gasteiger partial charge in [0.25, 0.3) is 0 Å². The maximum absolute atomic E-state index is 12.6. The molecule has 1 saturated heterocycles. The van der Waals surface area contributed by atoms with Crippen LogP contribution in [0.5, 0.6) is 0 Å². The van der Waals surface area contributed by atoms with Crippen LogP contribution in [0.15, 0.2) is 30.3 Å².